The van der Waals surface area contributed by atoms with Crippen LogP contribution in [0.15, 0.2) is 133 Å². The zero-order valence-electron chi connectivity index (χ0n) is 23.2. The lowest BCUT2D eigenvalue weighted by atomic mass is 9.81. The normalized spacial score (nSPS) is 13.8. The van der Waals surface area contributed by atoms with E-state index in [1.807, 2.05) is 0 Å². The summed E-state index contributed by atoms with van der Waals surface area (Å²) in [6.07, 6.45) is 0. The molecule has 0 heteroatoms. The maximum absolute atomic E-state index is 2.46. The summed E-state index contributed by atoms with van der Waals surface area (Å²) in [5.41, 5.74) is 10.6. The molecule has 0 heterocycles. The van der Waals surface area contributed by atoms with Gasteiger partial charge in [0.2, 0.25) is 0 Å². The average molecular weight is 521 g/mol. The lowest BCUT2D eigenvalue weighted by molar-refractivity contribution is 0.661. The van der Waals surface area contributed by atoms with E-state index in [0.29, 0.717) is 0 Å². The molecule has 192 valence electrons. The van der Waals surface area contributed by atoms with Crippen molar-refractivity contribution in [3.63, 3.8) is 0 Å². The Morgan fingerprint density at radius 2 is 1.00 bits per heavy atom. The van der Waals surface area contributed by atoms with Crippen molar-refractivity contribution in [1.82, 2.24) is 0 Å². The Kier molecular flexibility index (Phi) is 4.49. The van der Waals surface area contributed by atoms with Gasteiger partial charge in [0, 0.05) is 5.41 Å². The van der Waals surface area contributed by atoms with E-state index in [-0.39, 0.29) is 5.41 Å². The fourth-order valence-corrected chi connectivity index (χ4v) is 7.55. The molecule has 1 aliphatic carbocycles. The minimum atomic E-state index is -0.0224. The lowest BCUT2D eigenvalue weighted by Gasteiger charge is -2.22. The Bertz CT molecular complexity index is 2300. The zero-order chi connectivity index (χ0) is 27.3. The fourth-order valence-electron chi connectivity index (χ4n) is 7.55. The molecule has 0 radical (unpaired) electrons. The van der Waals surface area contributed by atoms with Crippen molar-refractivity contribution in [3.05, 3.63) is 145 Å². The third-order valence-electron chi connectivity index (χ3n) is 9.58. The maximum Gasteiger partial charge on any atom is 0.0159 e. The highest BCUT2D eigenvalue weighted by molar-refractivity contribution is 6.26. The van der Waals surface area contributed by atoms with Crippen molar-refractivity contribution in [2.24, 2.45) is 0 Å². The van der Waals surface area contributed by atoms with Gasteiger partial charge in [-0.15, -0.1) is 0 Å². The van der Waals surface area contributed by atoms with E-state index in [1.165, 1.54) is 87.6 Å². The first-order valence-corrected chi connectivity index (χ1v) is 14.5. The van der Waals surface area contributed by atoms with E-state index in [4.69, 9.17) is 0 Å². The van der Waals surface area contributed by atoms with Gasteiger partial charge in [-0.3, -0.25) is 0 Å². The minimum Gasteiger partial charge on any atom is -0.0622 e. The van der Waals surface area contributed by atoms with Gasteiger partial charge >= 0.3 is 0 Å². The van der Waals surface area contributed by atoms with Crippen LogP contribution in [0, 0.1) is 0 Å². The van der Waals surface area contributed by atoms with Gasteiger partial charge in [0.05, 0.1) is 0 Å². The average Bonchev–Trinajstić information content (AvgIpc) is 3.24. The van der Waals surface area contributed by atoms with Crippen LogP contribution in [0.25, 0.3) is 76.5 Å². The van der Waals surface area contributed by atoms with Gasteiger partial charge in [0.15, 0.2) is 0 Å². The highest BCUT2D eigenvalue weighted by Crippen LogP contribution is 2.51. The van der Waals surface area contributed by atoms with Gasteiger partial charge in [-0.05, 0) is 112 Å². The van der Waals surface area contributed by atoms with Crippen LogP contribution in [0.3, 0.4) is 0 Å². The molecule has 0 spiro atoms. The predicted molar refractivity (Wildman–Crippen MR) is 176 cm³/mol. The summed E-state index contributed by atoms with van der Waals surface area (Å²) >= 11 is 0. The first-order valence-electron chi connectivity index (χ1n) is 14.5. The molecule has 0 aromatic heterocycles. The monoisotopic (exact) mass is 520 g/mol. The first kappa shape index (κ1) is 22.8. The third-order valence-corrected chi connectivity index (χ3v) is 9.58. The van der Waals surface area contributed by atoms with Crippen molar-refractivity contribution in [2.75, 3.05) is 0 Å². The predicted octanol–water partition coefficient (Wildman–Crippen LogP) is 11.4. The Morgan fingerprint density at radius 1 is 0.366 bits per heavy atom. The van der Waals surface area contributed by atoms with Crippen molar-refractivity contribution in [3.8, 4) is 33.4 Å². The molecule has 0 N–H and O–H groups in total. The number of benzene rings is 8. The molecule has 8 aromatic rings. The molecule has 8 aromatic carbocycles. The quantitative estimate of drug-likeness (QED) is 0.199. The number of hydrogen-bond acceptors (Lipinski definition) is 0. The lowest BCUT2D eigenvalue weighted by Crippen LogP contribution is -2.14. The SMILES string of the molecule is CC1(C)c2ccccc2-c2cc3cc(-c4ccccc4)c(-c4ccc5ccc6cccc7ccc4c5c67)cc3cc21. The van der Waals surface area contributed by atoms with E-state index in [9.17, 15) is 0 Å². The Labute approximate surface area is 239 Å². The third kappa shape index (κ3) is 3.11. The van der Waals surface area contributed by atoms with Crippen LogP contribution >= 0.6 is 0 Å². The summed E-state index contributed by atoms with van der Waals surface area (Å²) < 4.78 is 0. The highest BCUT2D eigenvalue weighted by atomic mass is 14.4. The molecule has 1 aliphatic rings. The molecule has 0 amide bonds. The van der Waals surface area contributed by atoms with E-state index >= 15 is 0 Å². The molecule has 0 atom stereocenters. The second-order valence-corrected chi connectivity index (χ2v) is 12.1. The molecule has 0 aliphatic heterocycles. The molecule has 0 bridgehead atoms. The fraction of sp³-hybridized carbons (Fsp3) is 0.0732. The Hall–Kier alpha value is -4.94. The van der Waals surface area contributed by atoms with Crippen LogP contribution in [-0.4, -0.2) is 0 Å². The van der Waals surface area contributed by atoms with Crippen LogP contribution in [-0.2, 0) is 5.41 Å². The second-order valence-electron chi connectivity index (χ2n) is 12.1. The molecule has 0 unspecified atom stereocenters. The summed E-state index contributed by atoms with van der Waals surface area (Å²) in [6, 6.07) is 50.0. The molecule has 41 heavy (non-hydrogen) atoms. The van der Waals surface area contributed by atoms with Crippen LogP contribution in [0.4, 0.5) is 0 Å². The first-order chi connectivity index (χ1) is 20.1. The second kappa shape index (κ2) is 8.05. The van der Waals surface area contributed by atoms with Gasteiger partial charge in [-0.1, -0.05) is 123 Å². The van der Waals surface area contributed by atoms with E-state index in [2.05, 4.69) is 147 Å². The summed E-state index contributed by atoms with van der Waals surface area (Å²) in [4.78, 5) is 0. The van der Waals surface area contributed by atoms with Crippen LogP contribution in [0.2, 0.25) is 0 Å². The molecular weight excluding hydrogens is 492 g/mol. The van der Waals surface area contributed by atoms with Crippen LogP contribution in [0.1, 0.15) is 25.0 Å². The molecule has 0 fully saturated rings. The molecule has 0 saturated heterocycles. The molecule has 9 rings (SSSR count). The zero-order valence-corrected chi connectivity index (χ0v) is 23.2. The summed E-state index contributed by atoms with van der Waals surface area (Å²) in [5, 5.41) is 10.5. The van der Waals surface area contributed by atoms with Crippen molar-refractivity contribution in [1.29, 1.82) is 0 Å². The van der Waals surface area contributed by atoms with Crippen LogP contribution < -0.4 is 0 Å². The number of rotatable bonds is 2. The van der Waals surface area contributed by atoms with Gasteiger partial charge in [-0.25, -0.2) is 0 Å². The highest BCUT2D eigenvalue weighted by Gasteiger charge is 2.35. The summed E-state index contributed by atoms with van der Waals surface area (Å²) in [5.74, 6) is 0. The van der Waals surface area contributed by atoms with Crippen LogP contribution in [0.5, 0.6) is 0 Å². The smallest absolute Gasteiger partial charge is 0.0159 e. The van der Waals surface area contributed by atoms with Crippen molar-refractivity contribution >= 4 is 43.1 Å². The minimum absolute atomic E-state index is 0.0224. The van der Waals surface area contributed by atoms with Crippen molar-refractivity contribution < 1.29 is 0 Å². The van der Waals surface area contributed by atoms with Gasteiger partial charge in [0.1, 0.15) is 0 Å². The van der Waals surface area contributed by atoms with E-state index in [0.717, 1.165) is 0 Å². The summed E-state index contributed by atoms with van der Waals surface area (Å²) in [7, 11) is 0. The molecule has 0 nitrogen and oxygen atoms in total. The largest absolute Gasteiger partial charge is 0.0622 e. The van der Waals surface area contributed by atoms with E-state index in [1.54, 1.807) is 0 Å². The Balaban J connectivity index is 1.38. The summed E-state index contributed by atoms with van der Waals surface area (Å²) in [6.45, 7) is 4.73. The number of hydrogen-bond donors (Lipinski definition) is 0. The maximum atomic E-state index is 2.46. The van der Waals surface area contributed by atoms with Crippen molar-refractivity contribution in [2.45, 2.75) is 19.3 Å². The van der Waals surface area contributed by atoms with Gasteiger partial charge in [-0.2, -0.15) is 0 Å². The molecular formula is C41H28. The standard InChI is InChI=1S/C41H28/c1-41(2)37-14-7-6-13-32(37)36-23-29-21-34(25-9-4-3-5-10-25)35(22-30(29)24-38(36)41)31-19-17-28-16-15-26-11-8-12-27-18-20-33(31)40(28)39(26)27/h3-24H,1-2H3. The van der Waals surface area contributed by atoms with E-state index < -0.39 is 0 Å². The Morgan fingerprint density at radius 3 is 1.83 bits per heavy atom. The topological polar surface area (TPSA) is 0 Å². The van der Waals surface area contributed by atoms with Gasteiger partial charge in [0.25, 0.3) is 0 Å². The van der Waals surface area contributed by atoms with Gasteiger partial charge < -0.3 is 0 Å². The number of fused-ring (bicyclic) bond motifs is 4. The molecule has 0 saturated carbocycles.